The molecule has 0 radical (unpaired) electrons. The largest absolute Gasteiger partial charge is 0.355 e. The molecular weight excluding hydrogens is 316 g/mol. The van der Waals surface area contributed by atoms with Crippen LogP contribution in [0.15, 0.2) is 12.2 Å². The lowest BCUT2D eigenvalue weighted by Gasteiger charge is -2.32. The van der Waals surface area contributed by atoms with Gasteiger partial charge in [0.25, 0.3) is 0 Å². The highest BCUT2D eigenvalue weighted by atomic mass is 16.2. The second kappa shape index (κ2) is 8.70. The van der Waals surface area contributed by atoms with E-state index in [4.69, 9.17) is 0 Å². The number of hydrogen-bond donors (Lipinski definition) is 2. The van der Waals surface area contributed by atoms with Crippen molar-refractivity contribution < 1.29 is 9.59 Å². The van der Waals surface area contributed by atoms with Crippen molar-refractivity contribution in [3.8, 4) is 0 Å². The van der Waals surface area contributed by atoms with Crippen molar-refractivity contribution in [2.45, 2.75) is 45.1 Å². The van der Waals surface area contributed by atoms with Gasteiger partial charge in [-0.1, -0.05) is 19.1 Å². The van der Waals surface area contributed by atoms with Crippen LogP contribution >= 0.6 is 0 Å². The van der Waals surface area contributed by atoms with Crippen molar-refractivity contribution in [2.75, 3.05) is 39.3 Å². The van der Waals surface area contributed by atoms with E-state index >= 15 is 0 Å². The Balaban J connectivity index is 1.36. The summed E-state index contributed by atoms with van der Waals surface area (Å²) in [5.74, 6) is 1.41. The molecule has 0 aromatic heterocycles. The molecule has 0 unspecified atom stereocenters. The number of carbonyl (C=O) groups is 2. The summed E-state index contributed by atoms with van der Waals surface area (Å²) < 4.78 is 0. The molecule has 1 aliphatic carbocycles. The lowest BCUT2D eigenvalue weighted by Crippen LogP contribution is -2.50. The number of fused-ring (bicyclic) bond motifs is 1. The fraction of sp³-hybridized carbons (Fsp3) is 0.789. The van der Waals surface area contributed by atoms with Gasteiger partial charge >= 0.3 is 6.03 Å². The molecule has 2 fully saturated rings. The Bertz CT molecular complexity index is 484. The average Bonchev–Trinajstić information content (AvgIpc) is 3.06. The summed E-state index contributed by atoms with van der Waals surface area (Å²) in [7, 11) is 0. The Hall–Kier alpha value is -1.56. The molecule has 0 bridgehead atoms. The number of nitrogens with zero attached hydrogens (tertiary/aromatic N) is 2. The highest BCUT2D eigenvalue weighted by molar-refractivity contribution is 5.78. The van der Waals surface area contributed by atoms with Crippen molar-refractivity contribution in [1.29, 1.82) is 0 Å². The highest BCUT2D eigenvalue weighted by Gasteiger charge is 2.35. The zero-order valence-corrected chi connectivity index (χ0v) is 15.4. The monoisotopic (exact) mass is 348 g/mol. The summed E-state index contributed by atoms with van der Waals surface area (Å²) in [4.78, 5) is 28.5. The van der Waals surface area contributed by atoms with Gasteiger partial charge in [0.05, 0.1) is 6.54 Å². The van der Waals surface area contributed by atoms with Crippen LogP contribution in [0, 0.1) is 11.8 Å². The van der Waals surface area contributed by atoms with Crippen LogP contribution in [-0.2, 0) is 4.79 Å². The van der Waals surface area contributed by atoms with Gasteiger partial charge in [-0.25, -0.2) is 4.79 Å². The van der Waals surface area contributed by atoms with E-state index in [9.17, 15) is 9.59 Å². The molecule has 0 spiro atoms. The Kier molecular flexibility index (Phi) is 6.34. The van der Waals surface area contributed by atoms with Gasteiger partial charge < -0.3 is 15.5 Å². The van der Waals surface area contributed by atoms with Crippen LogP contribution in [0.4, 0.5) is 4.79 Å². The molecule has 0 aromatic rings. The first-order valence-electron chi connectivity index (χ1n) is 9.85. The van der Waals surface area contributed by atoms with Gasteiger partial charge in [-0.3, -0.25) is 9.69 Å². The number of carbonyl (C=O) groups excluding carboxylic acids is 2. The highest BCUT2D eigenvalue weighted by Crippen LogP contribution is 2.32. The van der Waals surface area contributed by atoms with Crippen LogP contribution in [0.5, 0.6) is 0 Å². The average molecular weight is 348 g/mol. The second-order valence-electron chi connectivity index (χ2n) is 7.72. The SMILES string of the molecule is CCCNC(=O)CN1CCC(NC(=O)N2C[C@@H]3CC=CC[C@H]3C2)CC1. The Morgan fingerprint density at radius 2 is 1.72 bits per heavy atom. The first-order valence-corrected chi connectivity index (χ1v) is 9.85. The first kappa shape index (κ1) is 18.2. The molecule has 3 amide bonds. The minimum absolute atomic E-state index is 0.105. The number of nitrogens with one attached hydrogen (secondary N) is 2. The molecule has 2 aliphatic heterocycles. The van der Waals surface area contributed by atoms with E-state index in [1.165, 1.54) is 0 Å². The van der Waals surface area contributed by atoms with Gasteiger partial charge in [-0.2, -0.15) is 0 Å². The summed E-state index contributed by atoms with van der Waals surface area (Å²) in [6.07, 6.45) is 9.57. The first-order chi connectivity index (χ1) is 12.2. The van der Waals surface area contributed by atoms with E-state index in [0.29, 0.717) is 18.4 Å². The zero-order chi connectivity index (χ0) is 17.6. The predicted molar refractivity (Wildman–Crippen MR) is 98.2 cm³/mol. The lowest BCUT2D eigenvalue weighted by molar-refractivity contribution is -0.122. The van der Waals surface area contributed by atoms with Crippen molar-refractivity contribution in [3.63, 3.8) is 0 Å². The standard InChI is InChI=1S/C19H32N4O2/c1-2-9-20-18(24)14-22-10-7-17(8-11-22)21-19(25)23-12-15-5-3-4-6-16(15)13-23/h3-4,15-17H,2,5-14H2,1H3,(H,20,24)(H,21,25)/t15-,16-/m0/s1. The molecule has 3 aliphatic rings. The maximum atomic E-state index is 12.6. The number of amides is 3. The number of hydrogen-bond acceptors (Lipinski definition) is 3. The van der Waals surface area contributed by atoms with Crippen LogP contribution < -0.4 is 10.6 Å². The van der Waals surface area contributed by atoms with Gasteiger partial charge in [0.15, 0.2) is 0 Å². The molecule has 3 rings (SSSR count). The quantitative estimate of drug-likeness (QED) is 0.742. The minimum Gasteiger partial charge on any atom is -0.355 e. The predicted octanol–water partition coefficient (Wildman–Crippen LogP) is 1.58. The van der Waals surface area contributed by atoms with Gasteiger partial charge in [0, 0.05) is 38.8 Å². The zero-order valence-electron chi connectivity index (χ0n) is 15.4. The molecule has 2 atom stereocenters. The van der Waals surface area contributed by atoms with Crippen molar-refractivity contribution >= 4 is 11.9 Å². The van der Waals surface area contributed by atoms with Gasteiger partial charge in [0.2, 0.25) is 5.91 Å². The smallest absolute Gasteiger partial charge is 0.317 e. The summed E-state index contributed by atoms with van der Waals surface area (Å²) in [6, 6.07) is 0.344. The third kappa shape index (κ3) is 4.97. The lowest BCUT2D eigenvalue weighted by atomic mass is 9.86. The fourth-order valence-electron chi connectivity index (χ4n) is 4.21. The number of urea groups is 1. The molecule has 2 N–H and O–H groups in total. The van der Waals surface area contributed by atoms with Gasteiger partial charge in [-0.15, -0.1) is 0 Å². The van der Waals surface area contributed by atoms with Crippen molar-refractivity contribution in [3.05, 3.63) is 12.2 Å². The maximum absolute atomic E-state index is 12.6. The molecule has 0 aromatic carbocycles. The summed E-state index contributed by atoms with van der Waals surface area (Å²) >= 11 is 0. The van der Waals surface area contributed by atoms with Crippen LogP contribution in [0.25, 0.3) is 0 Å². The van der Waals surface area contributed by atoms with Crippen LogP contribution in [-0.4, -0.2) is 67.0 Å². The minimum atomic E-state index is 0.105. The molecule has 2 saturated heterocycles. The number of allylic oxidation sites excluding steroid dienone is 2. The summed E-state index contributed by atoms with van der Waals surface area (Å²) in [5, 5.41) is 6.14. The normalized spacial score (nSPS) is 27.2. The molecule has 2 heterocycles. The van der Waals surface area contributed by atoms with Crippen molar-refractivity contribution in [2.24, 2.45) is 11.8 Å². The molecule has 0 saturated carbocycles. The Morgan fingerprint density at radius 1 is 1.08 bits per heavy atom. The van der Waals surface area contributed by atoms with E-state index in [1.54, 1.807) is 0 Å². The third-order valence-electron chi connectivity index (χ3n) is 5.76. The van der Waals surface area contributed by atoms with Gasteiger partial charge in [0.1, 0.15) is 0 Å². The van der Waals surface area contributed by atoms with E-state index in [1.807, 2.05) is 4.90 Å². The third-order valence-corrected chi connectivity index (χ3v) is 5.76. The maximum Gasteiger partial charge on any atom is 0.317 e. The molecule has 140 valence electrons. The van der Waals surface area contributed by atoms with E-state index < -0.39 is 0 Å². The van der Waals surface area contributed by atoms with E-state index in [2.05, 4.69) is 34.6 Å². The Morgan fingerprint density at radius 3 is 2.32 bits per heavy atom. The summed E-state index contributed by atoms with van der Waals surface area (Å²) in [5.41, 5.74) is 0. The molecular formula is C19H32N4O2. The number of piperidine rings is 1. The van der Waals surface area contributed by atoms with Crippen molar-refractivity contribution in [1.82, 2.24) is 20.4 Å². The van der Waals surface area contributed by atoms with Gasteiger partial charge in [-0.05, 0) is 43.9 Å². The fourth-order valence-corrected chi connectivity index (χ4v) is 4.21. The number of likely N-dealkylation sites (tertiary alicyclic amines) is 2. The van der Waals surface area contributed by atoms with E-state index in [-0.39, 0.29) is 18.0 Å². The Labute approximate surface area is 151 Å². The topological polar surface area (TPSA) is 64.7 Å². The van der Waals surface area contributed by atoms with Crippen LogP contribution in [0.2, 0.25) is 0 Å². The molecule has 6 nitrogen and oxygen atoms in total. The molecule has 25 heavy (non-hydrogen) atoms. The van der Waals surface area contributed by atoms with E-state index in [0.717, 1.165) is 64.8 Å². The molecule has 6 heteroatoms. The van der Waals surface area contributed by atoms with Crippen LogP contribution in [0.3, 0.4) is 0 Å². The van der Waals surface area contributed by atoms with Crippen LogP contribution in [0.1, 0.15) is 39.0 Å². The number of rotatable bonds is 5. The summed E-state index contributed by atoms with van der Waals surface area (Å²) in [6.45, 7) is 6.83. The second-order valence-corrected chi connectivity index (χ2v) is 7.72.